The standard InChI is InChI=1S/C9H17NO4/c1-6(2)9(13)14-8(7(3)12)10-4-5-11/h7-8,10-12H,1,4-5H2,2-3H3. The molecule has 2 atom stereocenters. The van der Waals surface area contributed by atoms with Crippen LogP contribution in [0.25, 0.3) is 0 Å². The molecule has 0 bridgehead atoms. The maximum Gasteiger partial charge on any atom is 0.334 e. The molecule has 0 amide bonds. The highest BCUT2D eigenvalue weighted by atomic mass is 16.6. The zero-order chi connectivity index (χ0) is 11.1. The molecule has 3 N–H and O–H groups in total. The zero-order valence-electron chi connectivity index (χ0n) is 8.49. The smallest absolute Gasteiger partial charge is 0.334 e. The minimum Gasteiger partial charge on any atom is -0.440 e. The summed E-state index contributed by atoms with van der Waals surface area (Å²) in [7, 11) is 0. The van der Waals surface area contributed by atoms with Crippen LogP contribution in [0.5, 0.6) is 0 Å². The van der Waals surface area contributed by atoms with Crippen LogP contribution in [0.4, 0.5) is 0 Å². The molecule has 0 aliphatic carbocycles. The summed E-state index contributed by atoms with van der Waals surface area (Å²) in [6.07, 6.45) is -1.66. The lowest BCUT2D eigenvalue weighted by atomic mass is 10.3. The molecule has 0 spiro atoms. The second-order valence-electron chi connectivity index (χ2n) is 3.02. The molecule has 0 aliphatic rings. The van der Waals surface area contributed by atoms with Crippen molar-refractivity contribution < 1.29 is 19.7 Å². The van der Waals surface area contributed by atoms with E-state index in [0.29, 0.717) is 0 Å². The van der Waals surface area contributed by atoms with Gasteiger partial charge in [-0.3, -0.25) is 5.32 Å². The Balaban J connectivity index is 4.09. The quantitative estimate of drug-likeness (QED) is 0.305. The molecule has 5 heteroatoms. The first-order valence-corrected chi connectivity index (χ1v) is 4.37. The van der Waals surface area contributed by atoms with Crippen molar-refractivity contribution in [3.05, 3.63) is 12.2 Å². The Morgan fingerprint density at radius 2 is 2.21 bits per heavy atom. The Kier molecular flexibility index (Phi) is 6.11. The Morgan fingerprint density at radius 1 is 1.64 bits per heavy atom. The van der Waals surface area contributed by atoms with Crippen molar-refractivity contribution in [1.29, 1.82) is 0 Å². The largest absolute Gasteiger partial charge is 0.440 e. The first-order valence-electron chi connectivity index (χ1n) is 4.37. The van der Waals surface area contributed by atoms with Crippen LogP contribution >= 0.6 is 0 Å². The normalized spacial score (nSPS) is 14.6. The van der Waals surface area contributed by atoms with E-state index < -0.39 is 18.3 Å². The average molecular weight is 203 g/mol. The summed E-state index contributed by atoms with van der Waals surface area (Å²) in [6, 6.07) is 0. The molecule has 5 nitrogen and oxygen atoms in total. The fourth-order valence-corrected chi connectivity index (χ4v) is 0.733. The molecule has 14 heavy (non-hydrogen) atoms. The minimum absolute atomic E-state index is 0.0894. The summed E-state index contributed by atoms with van der Waals surface area (Å²) < 4.78 is 4.86. The first-order chi connectivity index (χ1) is 6.49. The number of hydrogen-bond acceptors (Lipinski definition) is 5. The summed E-state index contributed by atoms with van der Waals surface area (Å²) in [6.45, 7) is 6.58. The van der Waals surface area contributed by atoms with Crippen LogP contribution in [-0.4, -0.2) is 41.7 Å². The second-order valence-corrected chi connectivity index (χ2v) is 3.02. The predicted molar refractivity (Wildman–Crippen MR) is 51.5 cm³/mol. The topological polar surface area (TPSA) is 78.8 Å². The van der Waals surface area contributed by atoms with Gasteiger partial charge in [-0.05, 0) is 13.8 Å². The van der Waals surface area contributed by atoms with Gasteiger partial charge in [0, 0.05) is 12.1 Å². The summed E-state index contributed by atoms with van der Waals surface area (Å²) in [4.78, 5) is 11.1. The number of hydrogen-bond donors (Lipinski definition) is 3. The third-order valence-corrected chi connectivity index (χ3v) is 1.48. The third-order valence-electron chi connectivity index (χ3n) is 1.48. The van der Waals surface area contributed by atoms with Crippen LogP contribution in [0.3, 0.4) is 0 Å². The van der Waals surface area contributed by atoms with Crippen LogP contribution < -0.4 is 5.32 Å². The van der Waals surface area contributed by atoms with E-state index in [0.717, 1.165) is 0 Å². The van der Waals surface area contributed by atoms with Gasteiger partial charge in [0.2, 0.25) is 0 Å². The number of carbonyl (C=O) groups is 1. The number of esters is 1. The molecular formula is C9H17NO4. The van der Waals surface area contributed by atoms with Crippen molar-refractivity contribution in [1.82, 2.24) is 5.32 Å². The number of ether oxygens (including phenoxy) is 1. The van der Waals surface area contributed by atoms with Crippen LogP contribution in [0.15, 0.2) is 12.2 Å². The highest BCUT2D eigenvalue weighted by Gasteiger charge is 2.18. The van der Waals surface area contributed by atoms with Gasteiger partial charge < -0.3 is 14.9 Å². The maximum absolute atomic E-state index is 11.1. The van der Waals surface area contributed by atoms with E-state index in [1.54, 1.807) is 0 Å². The highest BCUT2D eigenvalue weighted by molar-refractivity contribution is 5.87. The van der Waals surface area contributed by atoms with Crippen molar-refractivity contribution in [3.63, 3.8) is 0 Å². The highest BCUT2D eigenvalue weighted by Crippen LogP contribution is 2.00. The number of aliphatic hydroxyl groups is 2. The van der Waals surface area contributed by atoms with Crippen LogP contribution in [0, 0.1) is 0 Å². The minimum atomic E-state index is -0.843. The molecule has 0 aromatic heterocycles. The summed E-state index contributed by atoms with van der Waals surface area (Å²) >= 11 is 0. The van der Waals surface area contributed by atoms with Gasteiger partial charge in [-0.25, -0.2) is 4.79 Å². The Morgan fingerprint density at radius 3 is 2.57 bits per heavy atom. The molecule has 0 radical (unpaired) electrons. The number of nitrogens with one attached hydrogen (secondary N) is 1. The molecule has 0 aromatic carbocycles. The summed E-state index contributed by atoms with van der Waals surface area (Å²) in [5, 5.41) is 20.4. The summed E-state index contributed by atoms with van der Waals surface area (Å²) in [5.74, 6) is -0.568. The molecule has 0 rings (SSSR count). The SMILES string of the molecule is C=C(C)C(=O)OC(NCCO)C(C)O. The molecule has 0 saturated heterocycles. The first kappa shape index (κ1) is 13.1. The van der Waals surface area contributed by atoms with Crippen LogP contribution in [-0.2, 0) is 9.53 Å². The van der Waals surface area contributed by atoms with E-state index in [4.69, 9.17) is 9.84 Å². The summed E-state index contributed by atoms with van der Waals surface area (Å²) in [5.41, 5.74) is 0.265. The van der Waals surface area contributed by atoms with E-state index in [1.807, 2.05) is 0 Å². The van der Waals surface area contributed by atoms with E-state index in [9.17, 15) is 9.90 Å². The lowest BCUT2D eigenvalue weighted by Crippen LogP contribution is -2.43. The van der Waals surface area contributed by atoms with Crippen molar-refractivity contribution >= 4 is 5.97 Å². The molecule has 0 heterocycles. The van der Waals surface area contributed by atoms with E-state index in [2.05, 4.69) is 11.9 Å². The van der Waals surface area contributed by atoms with E-state index in [-0.39, 0.29) is 18.7 Å². The molecule has 0 saturated carbocycles. The van der Waals surface area contributed by atoms with Gasteiger partial charge >= 0.3 is 5.97 Å². The van der Waals surface area contributed by atoms with Gasteiger partial charge in [-0.15, -0.1) is 0 Å². The van der Waals surface area contributed by atoms with E-state index >= 15 is 0 Å². The molecule has 2 unspecified atom stereocenters. The second kappa shape index (κ2) is 6.53. The fourth-order valence-electron chi connectivity index (χ4n) is 0.733. The number of aliphatic hydroxyl groups excluding tert-OH is 2. The van der Waals surface area contributed by atoms with Crippen molar-refractivity contribution in [2.75, 3.05) is 13.2 Å². The number of rotatable bonds is 6. The lowest BCUT2D eigenvalue weighted by Gasteiger charge is -2.21. The maximum atomic E-state index is 11.1. The molecule has 0 fully saturated rings. The van der Waals surface area contributed by atoms with Crippen molar-refractivity contribution in [3.8, 4) is 0 Å². The van der Waals surface area contributed by atoms with Gasteiger partial charge in [-0.1, -0.05) is 6.58 Å². The van der Waals surface area contributed by atoms with Gasteiger partial charge in [0.25, 0.3) is 0 Å². The Labute approximate surface area is 83.4 Å². The lowest BCUT2D eigenvalue weighted by molar-refractivity contribution is -0.152. The van der Waals surface area contributed by atoms with Gasteiger partial charge in [-0.2, -0.15) is 0 Å². The molecule has 0 aliphatic heterocycles. The fraction of sp³-hybridized carbons (Fsp3) is 0.667. The third kappa shape index (κ3) is 4.96. The van der Waals surface area contributed by atoms with Crippen LogP contribution in [0.2, 0.25) is 0 Å². The van der Waals surface area contributed by atoms with Gasteiger partial charge in [0.15, 0.2) is 6.23 Å². The average Bonchev–Trinajstić information content (AvgIpc) is 2.10. The molecular weight excluding hydrogens is 186 g/mol. The van der Waals surface area contributed by atoms with Crippen LogP contribution in [0.1, 0.15) is 13.8 Å². The Bertz CT molecular complexity index is 203. The van der Waals surface area contributed by atoms with Crippen molar-refractivity contribution in [2.24, 2.45) is 0 Å². The zero-order valence-corrected chi connectivity index (χ0v) is 8.49. The molecule has 82 valence electrons. The monoisotopic (exact) mass is 203 g/mol. The van der Waals surface area contributed by atoms with Gasteiger partial charge in [0.05, 0.1) is 6.61 Å². The van der Waals surface area contributed by atoms with E-state index in [1.165, 1.54) is 13.8 Å². The Hall–Kier alpha value is -0.910. The number of carbonyl (C=O) groups excluding carboxylic acids is 1. The van der Waals surface area contributed by atoms with Crippen molar-refractivity contribution in [2.45, 2.75) is 26.2 Å². The molecule has 0 aromatic rings. The predicted octanol–water partition coefficient (Wildman–Crippen LogP) is -0.606. The van der Waals surface area contributed by atoms with Gasteiger partial charge in [0.1, 0.15) is 6.10 Å².